The Bertz CT molecular complexity index is 748. The summed E-state index contributed by atoms with van der Waals surface area (Å²) in [6.45, 7) is 0. The lowest BCUT2D eigenvalue weighted by molar-refractivity contribution is 0.102. The maximum absolute atomic E-state index is 12.2. The normalized spacial score (nSPS) is 12.4. The van der Waals surface area contributed by atoms with E-state index < -0.39 is 10.8 Å². The van der Waals surface area contributed by atoms with Crippen molar-refractivity contribution in [3.63, 3.8) is 0 Å². The highest BCUT2D eigenvalue weighted by Crippen LogP contribution is 2.24. The van der Waals surface area contributed by atoms with Crippen LogP contribution in [0.4, 0.5) is 0 Å². The average molecular weight is 301 g/mol. The van der Waals surface area contributed by atoms with Gasteiger partial charge in [-0.25, -0.2) is 4.98 Å². The fraction of sp³-hybridized carbons (Fsp3) is 0.0667. The maximum atomic E-state index is 12.2. The Hall–Kier alpha value is -1.85. The summed E-state index contributed by atoms with van der Waals surface area (Å²) in [6, 6.07) is 16.5. The van der Waals surface area contributed by atoms with Crippen molar-refractivity contribution in [2.24, 2.45) is 0 Å². The zero-order valence-electron chi connectivity index (χ0n) is 10.5. The number of nitrogens with zero attached hydrogens (tertiary/aromatic N) is 1. The van der Waals surface area contributed by atoms with E-state index in [1.54, 1.807) is 24.3 Å². The Labute approximate surface area is 122 Å². The first kappa shape index (κ1) is 13.1. The van der Waals surface area contributed by atoms with E-state index >= 15 is 0 Å². The Morgan fingerprint density at radius 2 is 1.75 bits per heavy atom. The molecule has 0 radical (unpaired) electrons. The van der Waals surface area contributed by atoms with E-state index in [4.69, 9.17) is 0 Å². The van der Waals surface area contributed by atoms with Crippen LogP contribution in [-0.2, 0) is 10.8 Å². The smallest absolute Gasteiger partial charge is 0.182 e. The number of Topliss-reactive ketones (excluding diaryl/α,β-unsaturated/α-hetero) is 1. The molecule has 1 aromatic heterocycles. The standard InChI is InChI=1S/C15H11NO2S2/c17-13(11-6-2-1-3-7-11)10-20(18)15-16-12-8-4-5-9-14(12)19-15/h1-9H,10H2. The molecular weight excluding hydrogens is 290 g/mol. The van der Waals surface area contributed by atoms with Crippen LogP contribution in [0.25, 0.3) is 10.2 Å². The molecule has 1 unspecified atom stereocenters. The van der Waals surface area contributed by atoms with Crippen LogP contribution in [0.15, 0.2) is 58.9 Å². The average Bonchev–Trinajstić information content (AvgIpc) is 2.92. The second kappa shape index (κ2) is 5.64. The molecule has 0 N–H and O–H groups in total. The summed E-state index contributed by atoms with van der Waals surface area (Å²) in [7, 11) is -1.39. The Balaban J connectivity index is 1.81. The molecule has 0 saturated carbocycles. The number of hydrogen-bond donors (Lipinski definition) is 0. The summed E-state index contributed by atoms with van der Waals surface area (Å²) in [6.07, 6.45) is 0. The Morgan fingerprint density at radius 3 is 2.50 bits per heavy atom. The van der Waals surface area contributed by atoms with Gasteiger partial charge in [-0.1, -0.05) is 42.5 Å². The van der Waals surface area contributed by atoms with Crippen molar-refractivity contribution in [1.82, 2.24) is 4.98 Å². The molecule has 0 amide bonds. The third-order valence-electron chi connectivity index (χ3n) is 2.83. The number of thiazole rings is 1. The van der Waals surface area contributed by atoms with Crippen LogP contribution in [0.2, 0.25) is 0 Å². The van der Waals surface area contributed by atoms with Gasteiger partial charge in [0.1, 0.15) is 0 Å². The van der Waals surface area contributed by atoms with Crippen molar-refractivity contribution < 1.29 is 9.00 Å². The molecule has 3 nitrogen and oxygen atoms in total. The molecule has 3 aromatic rings. The molecule has 2 aromatic carbocycles. The molecule has 20 heavy (non-hydrogen) atoms. The summed E-state index contributed by atoms with van der Waals surface area (Å²) < 4.78 is 13.7. The van der Waals surface area contributed by atoms with Crippen molar-refractivity contribution in [2.45, 2.75) is 4.34 Å². The number of hydrogen-bond acceptors (Lipinski definition) is 4. The highest BCUT2D eigenvalue weighted by atomic mass is 32.2. The van der Waals surface area contributed by atoms with Gasteiger partial charge >= 0.3 is 0 Å². The van der Waals surface area contributed by atoms with Gasteiger partial charge in [-0.3, -0.25) is 9.00 Å². The molecule has 0 aliphatic rings. The van der Waals surface area contributed by atoms with Crippen LogP contribution in [0.1, 0.15) is 10.4 Å². The van der Waals surface area contributed by atoms with Gasteiger partial charge in [0, 0.05) is 5.56 Å². The topological polar surface area (TPSA) is 47.0 Å². The number of carbonyl (C=O) groups is 1. The lowest BCUT2D eigenvalue weighted by atomic mass is 10.2. The lowest BCUT2D eigenvalue weighted by Crippen LogP contribution is -2.10. The van der Waals surface area contributed by atoms with Gasteiger partial charge in [0.15, 0.2) is 10.1 Å². The van der Waals surface area contributed by atoms with E-state index in [-0.39, 0.29) is 11.5 Å². The van der Waals surface area contributed by atoms with Crippen LogP contribution >= 0.6 is 11.3 Å². The molecule has 3 rings (SSSR count). The van der Waals surface area contributed by atoms with Crippen LogP contribution in [0.5, 0.6) is 0 Å². The SMILES string of the molecule is O=C(CS(=O)c1nc2ccccc2s1)c1ccccc1. The monoisotopic (exact) mass is 301 g/mol. The van der Waals surface area contributed by atoms with Crippen molar-refractivity contribution in [2.75, 3.05) is 5.75 Å². The molecule has 1 atom stereocenters. The molecule has 100 valence electrons. The van der Waals surface area contributed by atoms with Crippen LogP contribution in [-0.4, -0.2) is 20.7 Å². The zero-order valence-corrected chi connectivity index (χ0v) is 12.1. The van der Waals surface area contributed by atoms with E-state index in [1.165, 1.54) is 11.3 Å². The van der Waals surface area contributed by atoms with E-state index in [2.05, 4.69) is 4.98 Å². The van der Waals surface area contributed by atoms with E-state index in [1.807, 2.05) is 30.3 Å². The van der Waals surface area contributed by atoms with Crippen molar-refractivity contribution in [1.29, 1.82) is 0 Å². The molecule has 5 heteroatoms. The van der Waals surface area contributed by atoms with E-state index in [9.17, 15) is 9.00 Å². The molecule has 0 spiro atoms. The maximum Gasteiger partial charge on any atom is 0.182 e. The molecule has 0 saturated heterocycles. The zero-order chi connectivity index (χ0) is 13.9. The van der Waals surface area contributed by atoms with E-state index in [0.717, 1.165) is 10.2 Å². The molecule has 0 fully saturated rings. The van der Waals surface area contributed by atoms with Gasteiger partial charge in [-0.15, -0.1) is 11.3 Å². The minimum absolute atomic E-state index is 0.0240. The fourth-order valence-electron chi connectivity index (χ4n) is 1.84. The van der Waals surface area contributed by atoms with Gasteiger partial charge in [0.25, 0.3) is 0 Å². The summed E-state index contributed by atoms with van der Waals surface area (Å²) in [4.78, 5) is 16.4. The van der Waals surface area contributed by atoms with E-state index in [0.29, 0.717) is 9.90 Å². The summed E-state index contributed by atoms with van der Waals surface area (Å²) in [5.74, 6) is -0.146. The number of para-hydroxylation sites is 1. The number of rotatable bonds is 4. The largest absolute Gasteiger partial charge is 0.293 e. The van der Waals surface area contributed by atoms with Gasteiger partial charge in [-0.2, -0.15) is 0 Å². The number of carbonyl (C=O) groups excluding carboxylic acids is 1. The molecule has 0 aliphatic heterocycles. The third kappa shape index (κ3) is 2.69. The fourth-order valence-corrected chi connectivity index (χ4v) is 4.08. The number of aromatic nitrogens is 1. The Kier molecular flexibility index (Phi) is 3.71. The predicted octanol–water partition coefficient (Wildman–Crippen LogP) is 3.29. The summed E-state index contributed by atoms with van der Waals surface area (Å²) >= 11 is 1.38. The molecule has 1 heterocycles. The first-order valence-corrected chi connectivity index (χ1v) is 8.20. The molecule has 0 bridgehead atoms. The minimum Gasteiger partial charge on any atom is -0.293 e. The van der Waals surface area contributed by atoms with Crippen molar-refractivity contribution >= 4 is 38.1 Å². The second-order valence-electron chi connectivity index (χ2n) is 4.23. The predicted molar refractivity (Wildman–Crippen MR) is 81.7 cm³/mol. The van der Waals surface area contributed by atoms with Crippen LogP contribution < -0.4 is 0 Å². The highest BCUT2D eigenvalue weighted by molar-refractivity contribution is 7.88. The van der Waals surface area contributed by atoms with Crippen molar-refractivity contribution in [3.8, 4) is 0 Å². The van der Waals surface area contributed by atoms with Crippen molar-refractivity contribution in [3.05, 3.63) is 60.2 Å². The van der Waals surface area contributed by atoms with Gasteiger partial charge in [-0.05, 0) is 12.1 Å². The first-order valence-electron chi connectivity index (χ1n) is 6.06. The van der Waals surface area contributed by atoms with Gasteiger partial charge < -0.3 is 0 Å². The van der Waals surface area contributed by atoms with Gasteiger partial charge in [0.05, 0.1) is 26.8 Å². The van der Waals surface area contributed by atoms with Crippen LogP contribution in [0.3, 0.4) is 0 Å². The minimum atomic E-state index is -1.39. The summed E-state index contributed by atoms with van der Waals surface area (Å²) in [5.41, 5.74) is 1.41. The third-order valence-corrected chi connectivity index (χ3v) is 5.47. The lowest BCUT2D eigenvalue weighted by Gasteiger charge is -1.98. The van der Waals surface area contributed by atoms with Crippen LogP contribution in [0, 0.1) is 0 Å². The molecular formula is C15H11NO2S2. The quantitative estimate of drug-likeness (QED) is 0.695. The number of benzene rings is 2. The molecule has 0 aliphatic carbocycles. The second-order valence-corrected chi connectivity index (χ2v) is 6.88. The first-order chi connectivity index (χ1) is 9.74. The highest BCUT2D eigenvalue weighted by Gasteiger charge is 2.15. The Morgan fingerprint density at radius 1 is 1.05 bits per heavy atom. The number of ketones is 1. The van der Waals surface area contributed by atoms with Gasteiger partial charge in [0.2, 0.25) is 0 Å². The number of fused-ring (bicyclic) bond motifs is 1. The summed E-state index contributed by atoms with van der Waals surface area (Å²) in [5, 5.41) is 0.